The first-order chi connectivity index (χ1) is 10.2. The van der Waals surface area contributed by atoms with Gasteiger partial charge in [0.1, 0.15) is 12.0 Å². The normalized spacial score (nSPS) is 24.1. The third kappa shape index (κ3) is 4.55. The first-order valence-corrected chi connectivity index (χ1v) is 7.78. The summed E-state index contributed by atoms with van der Waals surface area (Å²) in [6.07, 6.45) is 5.11. The molecule has 0 radical (unpaired) electrons. The Balaban J connectivity index is 1.98. The standard InChI is InChI=1S/C17H25NO3/c1-18-14-9-5-6-10-15(11-14)21-17(20)16(12-19)13-7-3-2-4-8-13/h2-4,7-8,14-16,18-19H,5-6,9-12H2,1H3. The maximum absolute atomic E-state index is 12.3. The first-order valence-electron chi connectivity index (χ1n) is 7.78. The molecule has 21 heavy (non-hydrogen) atoms. The number of nitrogens with one attached hydrogen (secondary N) is 1. The van der Waals surface area contributed by atoms with Crippen LogP contribution in [0.15, 0.2) is 30.3 Å². The highest BCUT2D eigenvalue weighted by atomic mass is 16.5. The number of rotatable bonds is 5. The van der Waals surface area contributed by atoms with E-state index in [0.717, 1.165) is 31.2 Å². The van der Waals surface area contributed by atoms with E-state index in [1.54, 1.807) is 0 Å². The van der Waals surface area contributed by atoms with E-state index in [4.69, 9.17) is 4.74 Å². The number of hydrogen-bond acceptors (Lipinski definition) is 4. The Bertz CT molecular complexity index is 435. The fourth-order valence-electron chi connectivity index (χ4n) is 2.93. The highest BCUT2D eigenvalue weighted by molar-refractivity contribution is 5.78. The lowest BCUT2D eigenvalue weighted by atomic mass is 10.00. The van der Waals surface area contributed by atoms with E-state index in [1.807, 2.05) is 37.4 Å². The van der Waals surface area contributed by atoms with Crippen molar-refractivity contribution in [3.05, 3.63) is 35.9 Å². The zero-order valence-electron chi connectivity index (χ0n) is 12.6. The van der Waals surface area contributed by atoms with Gasteiger partial charge in [0.15, 0.2) is 0 Å². The largest absolute Gasteiger partial charge is 0.462 e. The van der Waals surface area contributed by atoms with E-state index >= 15 is 0 Å². The second kappa shape index (κ2) is 8.15. The lowest BCUT2D eigenvalue weighted by molar-refractivity contribution is -0.152. The first kappa shape index (κ1) is 16.0. The summed E-state index contributed by atoms with van der Waals surface area (Å²) in [6.45, 7) is -0.217. The average Bonchev–Trinajstić information content (AvgIpc) is 2.74. The van der Waals surface area contributed by atoms with Crippen LogP contribution in [0.3, 0.4) is 0 Å². The summed E-state index contributed by atoms with van der Waals surface area (Å²) in [5, 5.41) is 12.8. The van der Waals surface area contributed by atoms with E-state index in [0.29, 0.717) is 6.04 Å². The smallest absolute Gasteiger partial charge is 0.316 e. The molecule has 4 heteroatoms. The van der Waals surface area contributed by atoms with Gasteiger partial charge in [-0.25, -0.2) is 0 Å². The molecule has 0 aromatic heterocycles. The molecule has 4 nitrogen and oxygen atoms in total. The maximum Gasteiger partial charge on any atom is 0.316 e. The van der Waals surface area contributed by atoms with Crippen molar-refractivity contribution in [3.8, 4) is 0 Å². The van der Waals surface area contributed by atoms with Crippen LogP contribution in [0.1, 0.15) is 43.6 Å². The molecule has 1 aromatic rings. The Morgan fingerprint density at radius 3 is 2.71 bits per heavy atom. The van der Waals surface area contributed by atoms with Crippen molar-refractivity contribution in [2.75, 3.05) is 13.7 Å². The van der Waals surface area contributed by atoms with Crippen LogP contribution in [-0.2, 0) is 9.53 Å². The van der Waals surface area contributed by atoms with Gasteiger partial charge in [0, 0.05) is 6.04 Å². The van der Waals surface area contributed by atoms with Crippen LogP contribution in [0.25, 0.3) is 0 Å². The Morgan fingerprint density at radius 2 is 2.05 bits per heavy atom. The number of carbonyl (C=O) groups excluding carboxylic acids is 1. The van der Waals surface area contributed by atoms with Gasteiger partial charge in [0.2, 0.25) is 0 Å². The van der Waals surface area contributed by atoms with Gasteiger partial charge in [-0.1, -0.05) is 36.8 Å². The molecule has 0 saturated heterocycles. The predicted molar refractivity (Wildman–Crippen MR) is 82.1 cm³/mol. The van der Waals surface area contributed by atoms with E-state index in [2.05, 4.69) is 5.32 Å². The molecule has 1 aliphatic carbocycles. The molecule has 2 rings (SSSR count). The number of benzene rings is 1. The fraction of sp³-hybridized carbons (Fsp3) is 0.588. The van der Waals surface area contributed by atoms with Crippen molar-refractivity contribution in [2.24, 2.45) is 0 Å². The molecule has 1 aromatic carbocycles. The molecule has 0 bridgehead atoms. The van der Waals surface area contributed by atoms with Crippen LogP contribution in [0.4, 0.5) is 0 Å². The average molecular weight is 291 g/mol. The van der Waals surface area contributed by atoms with Crippen LogP contribution >= 0.6 is 0 Å². The monoisotopic (exact) mass is 291 g/mol. The van der Waals surface area contributed by atoms with Crippen molar-refractivity contribution in [2.45, 2.75) is 50.2 Å². The van der Waals surface area contributed by atoms with Crippen molar-refractivity contribution < 1.29 is 14.6 Å². The minimum Gasteiger partial charge on any atom is -0.462 e. The Morgan fingerprint density at radius 1 is 1.33 bits per heavy atom. The van der Waals surface area contributed by atoms with E-state index < -0.39 is 5.92 Å². The molecular weight excluding hydrogens is 266 g/mol. The molecule has 1 fully saturated rings. The summed E-state index contributed by atoms with van der Waals surface area (Å²) >= 11 is 0. The van der Waals surface area contributed by atoms with E-state index in [9.17, 15) is 9.90 Å². The Hall–Kier alpha value is -1.39. The van der Waals surface area contributed by atoms with Crippen molar-refractivity contribution in [1.29, 1.82) is 0 Å². The van der Waals surface area contributed by atoms with Gasteiger partial charge in [0.25, 0.3) is 0 Å². The highest BCUT2D eigenvalue weighted by Crippen LogP contribution is 2.24. The zero-order chi connectivity index (χ0) is 15.1. The summed E-state index contributed by atoms with van der Waals surface area (Å²) in [7, 11) is 1.95. The number of esters is 1. The van der Waals surface area contributed by atoms with Crippen LogP contribution in [0.2, 0.25) is 0 Å². The molecule has 0 heterocycles. The van der Waals surface area contributed by atoms with E-state index in [-0.39, 0.29) is 18.7 Å². The molecule has 2 N–H and O–H groups in total. The fourth-order valence-corrected chi connectivity index (χ4v) is 2.93. The summed E-state index contributed by atoms with van der Waals surface area (Å²) < 4.78 is 5.67. The number of carbonyl (C=O) groups is 1. The van der Waals surface area contributed by atoms with Crippen molar-refractivity contribution in [1.82, 2.24) is 5.32 Å². The second-order valence-electron chi connectivity index (χ2n) is 5.71. The number of aliphatic hydroxyl groups is 1. The quantitative estimate of drug-likeness (QED) is 0.645. The SMILES string of the molecule is CNC1CCCCC(OC(=O)C(CO)c2ccccc2)C1. The molecule has 0 aliphatic heterocycles. The third-order valence-electron chi connectivity index (χ3n) is 4.24. The molecule has 3 unspecified atom stereocenters. The minimum absolute atomic E-state index is 0.0461. The van der Waals surface area contributed by atoms with Gasteiger partial charge in [-0.15, -0.1) is 0 Å². The van der Waals surface area contributed by atoms with Crippen LogP contribution in [0, 0.1) is 0 Å². The third-order valence-corrected chi connectivity index (χ3v) is 4.24. The van der Waals surface area contributed by atoms with Gasteiger partial charge >= 0.3 is 5.97 Å². The highest BCUT2D eigenvalue weighted by Gasteiger charge is 2.27. The van der Waals surface area contributed by atoms with Crippen LogP contribution in [-0.4, -0.2) is 36.9 Å². The topological polar surface area (TPSA) is 58.6 Å². The minimum atomic E-state index is -0.581. The van der Waals surface area contributed by atoms with Gasteiger partial charge in [-0.3, -0.25) is 4.79 Å². The van der Waals surface area contributed by atoms with Gasteiger partial charge in [-0.2, -0.15) is 0 Å². The molecule has 0 spiro atoms. The Kier molecular flexibility index (Phi) is 6.21. The number of hydrogen-bond donors (Lipinski definition) is 2. The molecule has 0 amide bonds. The lowest BCUT2D eigenvalue weighted by Crippen LogP contribution is -2.32. The van der Waals surface area contributed by atoms with Crippen LogP contribution < -0.4 is 5.32 Å². The number of ether oxygens (including phenoxy) is 1. The van der Waals surface area contributed by atoms with Crippen molar-refractivity contribution in [3.63, 3.8) is 0 Å². The van der Waals surface area contributed by atoms with Gasteiger partial charge in [-0.05, 0) is 38.3 Å². The molecule has 1 saturated carbocycles. The molecule has 1 aliphatic rings. The second-order valence-corrected chi connectivity index (χ2v) is 5.71. The summed E-state index contributed by atoms with van der Waals surface area (Å²) in [4.78, 5) is 12.3. The summed E-state index contributed by atoms with van der Waals surface area (Å²) in [6, 6.07) is 9.75. The Labute approximate surface area is 126 Å². The molecular formula is C17H25NO3. The number of aliphatic hydroxyl groups excluding tert-OH is 1. The summed E-state index contributed by atoms with van der Waals surface area (Å²) in [5.41, 5.74) is 0.809. The van der Waals surface area contributed by atoms with Gasteiger partial charge < -0.3 is 15.2 Å². The van der Waals surface area contributed by atoms with E-state index in [1.165, 1.54) is 6.42 Å². The van der Waals surface area contributed by atoms with Crippen molar-refractivity contribution >= 4 is 5.97 Å². The summed E-state index contributed by atoms with van der Waals surface area (Å²) in [5.74, 6) is -0.895. The predicted octanol–water partition coefficient (Wildman–Crippen LogP) is 2.23. The van der Waals surface area contributed by atoms with Crippen LogP contribution in [0.5, 0.6) is 0 Å². The molecule has 116 valence electrons. The molecule has 3 atom stereocenters. The van der Waals surface area contributed by atoms with Gasteiger partial charge in [0.05, 0.1) is 6.61 Å². The zero-order valence-corrected chi connectivity index (χ0v) is 12.6. The lowest BCUT2D eigenvalue weighted by Gasteiger charge is -2.22. The maximum atomic E-state index is 12.3.